The van der Waals surface area contributed by atoms with Crippen LogP contribution >= 0.6 is 11.3 Å². The molecule has 0 saturated carbocycles. The van der Waals surface area contributed by atoms with Gasteiger partial charge in [0.1, 0.15) is 6.61 Å². The van der Waals surface area contributed by atoms with Gasteiger partial charge >= 0.3 is 0 Å². The van der Waals surface area contributed by atoms with Gasteiger partial charge < -0.3 is 4.84 Å². The highest BCUT2D eigenvalue weighted by Gasteiger charge is 1.86. The summed E-state index contributed by atoms with van der Waals surface area (Å²) in [5.41, 5.74) is 1.79. The first kappa shape index (κ1) is 7.21. The third kappa shape index (κ3) is 3.19. The van der Waals surface area contributed by atoms with Crippen molar-refractivity contribution >= 4 is 17.6 Å². The Kier molecular flexibility index (Phi) is 3.56. The van der Waals surface area contributed by atoms with Crippen molar-refractivity contribution in [1.82, 2.24) is 4.98 Å². The molecule has 1 aliphatic rings. The monoisotopic (exact) mass is 156 g/mol. The van der Waals surface area contributed by atoms with Crippen LogP contribution in [0.3, 0.4) is 0 Å². The van der Waals surface area contributed by atoms with Gasteiger partial charge in [0.05, 0.1) is 5.51 Å². The van der Waals surface area contributed by atoms with E-state index >= 15 is 0 Å². The van der Waals surface area contributed by atoms with Crippen molar-refractivity contribution in [1.29, 1.82) is 0 Å². The second kappa shape index (κ2) is 4.93. The zero-order chi connectivity index (χ0) is 7.07. The van der Waals surface area contributed by atoms with E-state index in [1.165, 1.54) is 0 Å². The molecule has 0 N–H and O–H groups in total. The van der Waals surface area contributed by atoms with Gasteiger partial charge in [-0.1, -0.05) is 5.16 Å². The van der Waals surface area contributed by atoms with E-state index in [0.29, 0.717) is 0 Å². The maximum Gasteiger partial charge on any atom is 0.122 e. The standard InChI is InChI=1S/C3H5NO.C3H3NS/c1-2-4-5-3-1;1-2-5-3-4-1/h2H,1,3H2;1-3H. The molecule has 0 bridgehead atoms. The Bertz CT molecular complexity index is 151. The average molecular weight is 156 g/mol. The summed E-state index contributed by atoms with van der Waals surface area (Å²) < 4.78 is 0. The molecule has 0 aromatic carbocycles. The quantitative estimate of drug-likeness (QED) is 0.571. The Balaban J connectivity index is 0.0000001000. The lowest BCUT2D eigenvalue weighted by Crippen LogP contribution is -1.72. The zero-order valence-corrected chi connectivity index (χ0v) is 6.25. The predicted octanol–water partition coefficient (Wildman–Crippen LogP) is 1.54. The van der Waals surface area contributed by atoms with Gasteiger partial charge in [0.15, 0.2) is 0 Å². The molecule has 1 aliphatic heterocycles. The summed E-state index contributed by atoms with van der Waals surface area (Å²) >= 11 is 1.60. The van der Waals surface area contributed by atoms with Crippen molar-refractivity contribution in [3.05, 3.63) is 17.1 Å². The summed E-state index contributed by atoms with van der Waals surface area (Å²) in [5, 5.41) is 5.39. The Labute approximate surface area is 63.3 Å². The molecule has 1 aromatic rings. The SMILES string of the molecule is C1=NOCC1.c1cscn1. The molecule has 10 heavy (non-hydrogen) atoms. The van der Waals surface area contributed by atoms with Crippen molar-refractivity contribution < 1.29 is 4.84 Å². The number of hydrogen-bond acceptors (Lipinski definition) is 4. The lowest BCUT2D eigenvalue weighted by Gasteiger charge is -1.76. The van der Waals surface area contributed by atoms with Crippen LogP contribution in [0.4, 0.5) is 0 Å². The number of thiazole rings is 1. The molecule has 0 aliphatic carbocycles. The van der Waals surface area contributed by atoms with Crippen LogP contribution in [-0.2, 0) is 4.84 Å². The van der Waals surface area contributed by atoms with Crippen LogP contribution in [0.2, 0.25) is 0 Å². The van der Waals surface area contributed by atoms with E-state index in [4.69, 9.17) is 0 Å². The molecule has 4 heteroatoms. The maximum atomic E-state index is 4.51. The van der Waals surface area contributed by atoms with Crippen molar-refractivity contribution in [2.75, 3.05) is 6.61 Å². The largest absolute Gasteiger partial charge is 0.396 e. The van der Waals surface area contributed by atoms with Crippen LogP contribution in [0, 0.1) is 0 Å². The summed E-state index contributed by atoms with van der Waals surface area (Å²) in [6.45, 7) is 0.778. The van der Waals surface area contributed by atoms with Gasteiger partial charge in [-0.3, -0.25) is 4.98 Å². The van der Waals surface area contributed by atoms with E-state index in [1.54, 1.807) is 29.3 Å². The molecule has 2 heterocycles. The highest BCUT2D eigenvalue weighted by molar-refractivity contribution is 7.07. The minimum absolute atomic E-state index is 0.778. The first-order chi connectivity index (χ1) is 5.00. The Hall–Kier alpha value is -0.900. The zero-order valence-electron chi connectivity index (χ0n) is 5.43. The topological polar surface area (TPSA) is 34.5 Å². The first-order valence-electron chi connectivity index (χ1n) is 2.96. The van der Waals surface area contributed by atoms with E-state index in [1.807, 2.05) is 5.38 Å². The molecule has 1 aromatic heterocycles. The number of oxime groups is 1. The van der Waals surface area contributed by atoms with Crippen LogP contribution in [0.5, 0.6) is 0 Å². The Morgan fingerprint density at radius 2 is 2.50 bits per heavy atom. The molecule has 0 amide bonds. The van der Waals surface area contributed by atoms with Crippen molar-refractivity contribution in [2.24, 2.45) is 5.16 Å². The van der Waals surface area contributed by atoms with Crippen molar-refractivity contribution in [3.63, 3.8) is 0 Å². The summed E-state index contributed by atoms with van der Waals surface area (Å²) in [4.78, 5) is 8.25. The summed E-state index contributed by atoms with van der Waals surface area (Å²) in [6.07, 6.45) is 4.52. The first-order valence-corrected chi connectivity index (χ1v) is 3.90. The van der Waals surface area contributed by atoms with Crippen LogP contribution in [0.1, 0.15) is 6.42 Å². The Morgan fingerprint density at radius 1 is 1.50 bits per heavy atom. The van der Waals surface area contributed by atoms with Gasteiger partial charge in [0.25, 0.3) is 0 Å². The van der Waals surface area contributed by atoms with E-state index in [9.17, 15) is 0 Å². The summed E-state index contributed by atoms with van der Waals surface area (Å²) in [6, 6.07) is 0. The summed E-state index contributed by atoms with van der Waals surface area (Å²) in [5.74, 6) is 0. The highest BCUT2D eigenvalue weighted by Crippen LogP contribution is 1.86. The molecule has 0 fully saturated rings. The molecular weight excluding hydrogens is 148 g/mol. The maximum absolute atomic E-state index is 4.51. The lowest BCUT2D eigenvalue weighted by atomic mass is 10.5. The molecule has 2 rings (SSSR count). The third-order valence-electron chi connectivity index (χ3n) is 0.835. The second-order valence-corrected chi connectivity index (χ2v) is 2.34. The number of aromatic nitrogens is 1. The predicted molar refractivity (Wildman–Crippen MR) is 41.2 cm³/mol. The van der Waals surface area contributed by atoms with Crippen molar-refractivity contribution in [2.45, 2.75) is 6.42 Å². The van der Waals surface area contributed by atoms with Gasteiger partial charge in [-0.2, -0.15) is 0 Å². The van der Waals surface area contributed by atoms with Gasteiger partial charge in [-0.05, 0) is 0 Å². The smallest absolute Gasteiger partial charge is 0.122 e. The van der Waals surface area contributed by atoms with Gasteiger partial charge in [0.2, 0.25) is 0 Å². The summed E-state index contributed by atoms with van der Waals surface area (Å²) in [7, 11) is 0. The molecule has 3 nitrogen and oxygen atoms in total. The van der Waals surface area contributed by atoms with E-state index < -0.39 is 0 Å². The molecule has 0 unspecified atom stereocenters. The van der Waals surface area contributed by atoms with Crippen LogP contribution in [0.25, 0.3) is 0 Å². The highest BCUT2D eigenvalue weighted by atomic mass is 32.1. The fourth-order valence-corrected chi connectivity index (χ4v) is 0.791. The molecular formula is C6H8N2OS. The minimum atomic E-state index is 0.778. The van der Waals surface area contributed by atoms with Gasteiger partial charge in [-0.15, -0.1) is 11.3 Å². The second-order valence-electron chi connectivity index (χ2n) is 1.59. The minimum Gasteiger partial charge on any atom is -0.396 e. The number of nitrogens with zero attached hydrogens (tertiary/aromatic N) is 2. The molecule has 0 spiro atoms. The molecule has 0 atom stereocenters. The normalized spacial score (nSPS) is 13.6. The lowest BCUT2D eigenvalue weighted by molar-refractivity contribution is 0.174. The third-order valence-corrected chi connectivity index (χ3v) is 1.36. The van der Waals surface area contributed by atoms with Crippen molar-refractivity contribution in [3.8, 4) is 0 Å². The fourth-order valence-electron chi connectivity index (χ4n) is 0.439. The molecule has 54 valence electrons. The van der Waals surface area contributed by atoms with E-state index in [2.05, 4.69) is 15.0 Å². The van der Waals surface area contributed by atoms with Gasteiger partial charge in [0, 0.05) is 24.2 Å². The van der Waals surface area contributed by atoms with Crippen LogP contribution in [-0.4, -0.2) is 17.8 Å². The average Bonchev–Trinajstić information content (AvgIpc) is 2.67. The number of rotatable bonds is 0. The van der Waals surface area contributed by atoms with E-state index in [0.717, 1.165) is 13.0 Å². The fraction of sp³-hybridized carbons (Fsp3) is 0.333. The van der Waals surface area contributed by atoms with E-state index in [-0.39, 0.29) is 0 Å². The van der Waals surface area contributed by atoms with Crippen LogP contribution in [0.15, 0.2) is 22.2 Å². The number of hydrogen-bond donors (Lipinski definition) is 0. The van der Waals surface area contributed by atoms with Crippen LogP contribution < -0.4 is 0 Å². The van der Waals surface area contributed by atoms with Gasteiger partial charge in [-0.25, -0.2) is 0 Å². The Morgan fingerprint density at radius 3 is 2.70 bits per heavy atom. The molecule has 0 saturated heterocycles. The molecule has 0 radical (unpaired) electrons.